The Kier molecular flexibility index (Phi) is 12.3. The van der Waals surface area contributed by atoms with Gasteiger partial charge in [0.1, 0.15) is 28.7 Å². The Morgan fingerprint density at radius 2 is 1.43 bits per heavy atom. The smallest absolute Gasteiger partial charge is 0.272 e. The minimum atomic E-state index is -0.550. The lowest BCUT2D eigenvalue weighted by molar-refractivity contribution is -0.116. The second kappa shape index (κ2) is 16.8. The number of rotatable bonds is 14. The summed E-state index contributed by atoms with van der Waals surface area (Å²) in [6.07, 6.45) is 2.09. The Morgan fingerprint density at radius 3 is 2.06 bits per heavy atom. The van der Waals surface area contributed by atoms with Crippen LogP contribution in [0.15, 0.2) is 102 Å². The van der Waals surface area contributed by atoms with Gasteiger partial charge in [-0.3, -0.25) is 14.4 Å². The maximum absolute atomic E-state index is 13.7. The zero-order chi connectivity index (χ0) is 33.8. The first-order valence-electron chi connectivity index (χ1n) is 14.7. The number of ether oxygens (including phenoxy) is 4. The van der Waals surface area contributed by atoms with Crippen LogP contribution in [0.1, 0.15) is 29.3 Å². The number of nitrogens with one attached hydrogen (secondary N) is 3. The first-order valence-corrected chi connectivity index (χ1v) is 15.6. The number of benzene rings is 4. The third-order valence-corrected chi connectivity index (χ3v) is 8.28. The van der Waals surface area contributed by atoms with Crippen LogP contribution in [0.25, 0.3) is 6.08 Å². The van der Waals surface area contributed by atoms with Crippen LogP contribution in [-0.4, -0.2) is 51.4 Å². The summed E-state index contributed by atoms with van der Waals surface area (Å²) >= 11 is 1.37. The molecule has 0 aliphatic heterocycles. The third-order valence-electron chi connectivity index (χ3n) is 6.92. The normalized spacial score (nSPS) is 11.6. The molecule has 0 heterocycles. The molecule has 0 aliphatic rings. The predicted octanol–water partition coefficient (Wildman–Crippen LogP) is 6.64. The van der Waals surface area contributed by atoms with E-state index in [9.17, 15) is 14.4 Å². The van der Waals surface area contributed by atoms with Crippen LogP contribution in [0.4, 0.5) is 11.4 Å². The molecule has 0 aliphatic carbocycles. The molecule has 0 radical (unpaired) electrons. The molecule has 4 aromatic rings. The summed E-state index contributed by atoms with van der Waals surface area (Å²) in [5.74, 6) is 0.961. The van der Waals surface area contributed by atoms with E-state index >= 15 is 0 Å². The van der Waals surface area contributed by atoms with Crippen molar-refractivity contribution in [2.75, 3.05) is 39.1 Å². The number of carbonyl (C=O) groups excluding carboxylic acids is 3. The summed E-state index contributed by atoms with van der Waals surface area (Å²) < 4.78 is 21.4. The van der Waals surface area contributed by atoms with Gasteiger partial charge in [-0.15, -0.1) is 11.8 Å². The molecule has 0 bridgehead atoms. The van der Waals surface area contributed by atoms with Crippen molar-refractivity contribution in [2.45, 2.75) is 23.5 Å². The second-order valence-electron chi connectivity index (χ2n) is 10.1. The molecular weight excluding hydrogens is 618 g/mol. The van der Waals surface area contributed by atoms with Gasteiger partial charge in [0.25, 0.3) is 11.8 Å². The standard InChI is InChI=1S/C36H37N3O7S/c1-6-33(36(42)38-26-18-28(44-3)21-29(19-26)45-4)47-30-14-10-13-25(20-30)37-35(41)31(39-34(40)23-11-8-7-9-12-23)17-24-15-16-27(43-2)22-32(24)46-5/h7-22,33H,6H2,1-5H3,(H,37,41)(H,38,42)(H,39,40)/b31-17+. The summed E-state index contributed by atoms with van der Waals surface area (Å²) in [4.78, 5) is 40.8. The van der Waals surface area contributed by atoms with Gasteiger partial charge in [0.05, 0.1) is 33.7 Å². The SMILES string of the molecule is CCC(Sc1cccc(NC(=O)/C(=C\c2ccc(OC)cc2OC)NC(=O)c2ccccc2)c1)C(=O)Nc1cc(OC)cc(OC)c1. The van der Waals surface area contributed by atoms with E-state index in [1.54, 1.807) is 106 Å². The van der Waals surface area contributed by atoms with Gasteiger partial charge in [-0.25, -0.2) is 0 Å². The summed E-state index contributed by atoms with van der Waals surface area (Å²) in [5.41, 5.74) is 1.98. The van der Waals surface area contributed by atoms with Gasteiger partial charge in [0, 0.05) is 51.7 Å². The number of amides is 3. The average molecular weight is 656 g/mol. The predicted molar refractivity (Wildman–Crippen MR) is 185 cm³/mol. The highest BCUT2D eigenvalue weighted by molar-refractivity contribution is 8.00. The molecule has 1 unspecified atom stereocenters. The fourth-order valence-electron chi connectivity index (χ4n) is 4.47. The fraction of sp³-hybridized carbons (Fsp3) is 0.194. The zero-order valence-electron chi connectivity index (χ0n) is 26.8. The molecule has 0 fully saturated rings. The van der Waals surface area contributed by atoms with Gasteiger partial charge in [-0.05, 0) is 55.0 Å². The molecule has 4 rings (SSSR count). The van der Waals surface area contributed by atoms with E-state index in [0.29, 0.717) is 51.9 Å². The second-order valence-corrected chi connectivity index (χ2v) is 11.3. The Labute approximate surface area is 278 Å². The molecule has 244 valence electrons. The molecule has 3 amide bonds. The Hall–Kier alpha value is -5.42. The lowest BCUT2D eigenvalue weighted by Crippen LogP contribution is -2.30. The lowest BCUT2D eigenvalue weighted by Gasteiger charge is -2.17. The average Bonchev–Trinajstić information content (AvgIpc) is 3.10. The molecule has 47 heavy (non-hydrogen) atoms. The molecule has 0 aromatic heterocycles. The first-order chi connectivity index (χ1) is 22.8. The van der Waals surface area contributed by atoms with Gasteiger partial charge < -0.3 is 34.9 Å². The molecule has 10 nitrogen and oxygen atoms in total. The Bertz CT molecular complexity index is 1720. The number of thioether (sulfide) groups is 1. The summed E-state index contributed by atoms with van der Waals surface area (Å²) in [5, 5.41) is 8.13. The van der Waals surface area contributed by atoms with Crippen LogP contribution in [0.5, 0.6) is 23.0 Å². The minimum absolute atomic E-state index is 0.0000871. The van der Waals surface area contributed by atoms with E-state index in [1.807, 2.05) is 13.0 Å². The van der Waals surface area contributed by atoms with E-state index in [4.69, 9.17) is 18.9 Å². The van der Waals surface area contributed by atoms with Crippen molar-refractivity contribution in [3.8, 4) is 23.0 Å². The highest BCUT2D eigenvalue weighted by Crippen LogP contribution is 2.31. The number of hydrogen-bond acceptors (Lipinski definition) is 8. The molecule has 11 heteroatoms. The first kappa shape index (κ1) is 34.5. The summed E-state index contributed by atoms with van der Waals surface area (Å²) in [6, 6.07) is 26.1. The highest BCUT2D eigenvalue weighted by atomic mass is 32.2. The number of methoxy groups -OCH3 is 4. The Balaban J connectivity index is 1.54. The molecule has 4 aromatic carbocycles. The van der Waals surface area contributed by atoms with Gasteiger partial charge in [0.15, 0.2) is 0 Å². The van der Waals surface area contributed by atoms with Crippen LogP contribution >= 0.6 is 11.8 Å². The van der Waals surface area contributed by atoms with E-state index < -0.39 is 17.1 Å². The van der Waals surface area contributed by atoms with Crippen molar-refractivity contribution in [1.29, 1.82) is 0 Å². The van der Waals surface area contributed by atoms with Gasteiger partial charge in [0.2, 0.25) is 5.91 Å². The zero-order valence-corrected chi connectivity index (χ0v) is 27.6. The quantitative estimate of drug-likeness (QED) is 0.102. The van der Waals surface area contributed by atoms with Gasteiger partial charge in [-0.1, -0.05) is 31.2 Å². The maximum Gasteiger partial charge on any atom is 0.272 e. The Morgan fingerprint density at radius 1 is 0.723 bits per heavy atom. The molecule has 0 saturated heterocycles. The highest BCUT2D eigenvalue weighted by Gasteiger charge is 2.20. The molecule has 3 N–H and O–H groups in total. The van der Waals surface area contributed by atoms with Crippen LogP contribution in [0.3, 0.4) is 0 Å². The van der Waals surface area contributed by atoms with Crippen LogP contribution in [0, 0.1) is 0 Å². The lowest BCUT2D eigenvalue weighted by atomic mass is 10.1. The summed E-state index contributed by atoms with van der Waals surface area (Å²) in [6.45, 7) is 1.93. The molecule has 1 atom stereocenters. The fourth-order valence-corrected chi connectivity index (χ4v) is 5.48. The van der Waals surface area contributed by atoms with Crippen molar-refractivity contribution in [3.63, 3.8) is 0 Å². The van der Waals surface area contributed by atoms with Crippen molar-refractivity contribution in [3.05, 3.63) is 108 Å². The van der Waals surface area contributed by atoms with E-state index in [-0.39, 0.29) is 11.6 Å². The topological polar surface area (TPSA) is 124 Å². The molecule has 0 spiro atoms. The maximum atomic E-state index is 13.7. The van der Waals surface area contributed by atoms with Gasteiger partial charge in [-0.2, -0.15) is 0 Å². The van der Waals surface area contributed by atoms with Crippen molar-refractivity contribution >= 4 is 46.9 Å². The minimum Gasteiger partial charge on any atom is -0.497 e. The summed E-state index contributed by atoms with van der Waals surface area (Å²) in [7, 11) is 6.14. The van der Waals surface area contributed by atoms with Gasteiger partial charge >= 0.3 is 0 Å². The monoisotopic (exact) mass is 655 g/mol. The largest absolute Gasteiger partial charge is 0.497 e. The number of carbonyl (C=O) groups is 3. The van der Waals surface area contributed by atoms with Crippen LogP contribution in [0.2, 0.25) is 0 Å². The van der Waals surface area contributed by atoms with Crippen molar-refractivity contribution in [2.24, 2.45) is 0 Å². The van der Waals surface area contributed by atoms with E-state index in [2.05, 4.69) is 16.0 Å². The van der Waals surface area contributed by atoms with Crippen molar-refractivity contribution < 1.29 is 33.3 Å². The third kappa shape index (κ3) is 9.54. The van der Waals surface area contributed by atoms with E-state index in [0.717, 1.165) is 4.90 Å². The van der Waals surface area contributed by atoms with Crippen molar-refractivity contribution in [1.82, 2.24) is 5.32 Å². The molecular formula is C36H37N3O7S. The molecule has 0 saturated carbocycles. The van der Waals surface area contributed by atoms with E-state index in [1.165, 1.54) is 24.9 Å². The number of hydrogen-bond donors (Lipinski definition) is 3. The van der Waals surface area contributed by atoms with Crippen LogP contribution < -0.4 is 34.9 Å². The van der Waals surface area contributed by atoms with Crippen LogP contribution in [-0.2, 0) is 9.59 Å². The number of anilines is 2.